The molecule has 6 heteroatoms. The fourth-order valence-corrected chi connectivity index (χ4v) is 4.74. The number of nitrogens with zero attached hydrogens (tertiary/aromatic N) is 3. The number of furan rings is 1. The second kappa shape index (κ2) is 6.75. The number of hydrogen-bond acceptors (Lipinski definition) is 5. The molecule has 4 heterocycles. The van der Waals surface area contributed by atoms with Crippen LogP contribution < -0.4 is 5.32 Å². The van der Waals surface area contributed by atoms with Crippen LogP contribution in [0.15, 0.2) is 10.6 Å². The molecule has 0 radical (unpaired) electrons. The maximum absolute atomic E-state index is 13.2. The molecule has 2 aromatic heterocycles. The summed E-state index contributed by atoms with van der Waals surface area (Å²) in [5.74, 6) is 3.08. The van der Waals surface area contributed by atoms with Crippen LogP contribution in [-0.2, 0) is 25.8 Å². The Bertz CT molecular complexity index is 889. The molecule has 5 rings (SSSR count). The van der Waals surface area contributed by atoms with Crippen molar-refractivity contribution in [3.05, 3.63) is 45.9 Å². The SMILES string of the molecule is Cc1oc2c(c1C(=O)N1CC[C@@H](c3ncc4c(n3)CCNC4)C1)CCCC2. The molecule has 1 amide bonds. The minimum absolute atomic E-state index is 0.129. The average molecular weight is 366 g/mol. The highest BCUT2D eigenvalue weighted by Gasteiger charge is 2.34. The zero-order chi connectivity index (χ0) is 18.4. The monoisotopic (exact) mass is 366 g/mol. The maximum atomic E-state index is 13.2. The van der Waals surface area contributed by atoms with Gasteiger partial charge in [0.25, 0.3) is 5.91 Å². The van der Waals surface area contributed by atoms with E-state index < -0.39 is 0 Å². The lowest BCUT2D eigenvalue weighted by atomic mass is 9.94. The minimum atomic E-state index is 0.129. The Morgan fingerprint density at radius 1 is 1.30 bits per heavy atom. The van der Waals surface area contributed by atoms with Crippen molar-refractivity contribution in [1.82, 2.24) is 20.2 Å². The first-order chi connectivity index (χ1) is 13.2. The van der Waals surface area contributed by atoms with Crippen molar-refractivity contribution in [2.45, 2.75) is 57.9 Å². The van der Waals surface area contributed by atoms with Gasteiger partial charge >= 0.3 is 0 Å². The van der Waals surface area contributed by atoms with E-state index in [0.717, 1.165) is 86.6 Å². The molecule has 0 unspecified atom stereocenters. The summed E-state index contributed by atoms with van der Waals surface area (Å²) in [6.07, 6.45) is 8.08. The lowest BCUT2D eigenvalue weighted by Crippen LogP contribution is -2.30. The van der Waals surface area contributed by atoms with Crippen molar-refractivity contribution in [1.29, 1.82) is 0 Å². The minimum Gasteiger partial charge on any atom is -0.465 e. The Hall–Kier alpha value is -2.21. The Balaban J connectivity index is 1.35. The number of hydrogen-bond donors (Lipinski definition) is 1. The Kier molecular flexibility index (Phi) is 4.23. The fourth-order valence-electron chi connectivity index (χ4n) is 4.74. The third-order valence-corrected chi connectivity index (χ3v) is 6.23. The maximum Gasteiger partial charge on any atom is 0.257 e. The molecule has 0 spiro atoms. The van der Waals surface area contributed by atoms with Crippen molar-refractivity contribution in [3.8, 4) is 0 Å². The van der Waals surface area contributed by atoms with E-state index in [1.807, 2.05) is 18.0 Å². The summed E-state index contributed by atoms with van der Waals surface area (Å²) in [5, 5.41) is 3.36. The zero-order valence-electron chi connectivity index (χ0n) is 15.9. The highest BCUT2D eigenvalue weighted by molar-refractivity contribution is 5.97. The van der Waals surface area contributed by atoms with Crippen LogP contribution in [0.2, 0.25) is 0 Å². The topological polar surface area (TPSA) is 71.3 Å². The molecule has 3 aliphatic rings. The fraction of sp³-hybridized carbons (Fsp3) is 0.571. The summed E-state index contributed by atoms with van der Waals surface area (Å²) in [6.45, 7) is 5.24. The van der Waals surface area contributed by atoms with Gasteiger partial charge in [0.2, 0.25) is 0 Å². The molecule has 1 fully saturated rings. The summed E-state index contributed by atoms with van der Waals surface area (Å²) in [6, 6.07) is 0. The molecule has 1 atom stereocenters. The summed E-state index contributed by atoms with van der Waals surface area (Å²) in [4.78, 5) is 24.6. The smallest absolute Gasteiger partial charge is 0.257 e. The van der Waals surface area contributed by atoms with E-state index in [9.17, 15) is 4.79 Å². The highest BCUT2D eigenvalue weighted by Crippen LogP contribution is 2.33. The number of aryl methyl sites for hydroxylation is 2. The van der Waals surface area contributed by atoms with E-state index in [2.05, 4.69) is 10.3 Å². The van der Waals surface area contributed by atoms with Gasteiger partial charge in [0.05, 0.1) is 5.56 Å². The molecule has 0 saturated carbocycles. The van der Waals surface area contributed by atoms with Gasteiger partial charge in [-0.1, -0.05) is 0 Å². The standard InChI is InChI=1S/C21H26N4O2/c1-13-19(16-4-2-3-5-18(16)27-13)21(26)25-9-7-14(12-25)20-23-11-15-10-22-8-6-17(15)24-20/h11,14,22H,2-10,12H2,1H3/t14-/m1/s1. The quantitative estimate of drug-likeness (QED) is 0.884. The largest absolute Gasteiger partial charge is 0.465 e. The van der Waals surface area contributed by atoms with Crippen LogP contribution >= 0.6 is 0 Å². The molecule has 2 aromatic rings. The molecule has 2 aliphatic heterocycles. The van der Waals surface area contributed by atoms with Crippen LogP contribution in [0.4, 0.5) is 0 Å². The third kappa shape index (κ3) is 2.96. The summed E-state index contributed by atoms with van der Waals surface area (Å²) in [7, 11) is 0. The van der Waals surface area contributed by atoms with Crippen molar-refractivity contribution in [2.75, 3.05) is 19.6 Å². The van der Waals surface area contributed by atoms with E-state index in [0.29, 0.717) is 6.54 Å². The van der Waals surface area contributed by atoms with Gasteiger partial charge in [-0.05, 0) is 32.6 Å². The predicted molar refractivity (Wildman–Crippen MR) is 101 cm³/mol. The van der Waals surface area contributed by atoms with E-state index in [1.165, 1.54) is 11.3 Å². The van der Waals surface area contributed by atoms with Crippen molar-refractivity contribution in [2.24, 2.45) is 0 Å². The number of fused-ring (bicyclic) bond motifs is 2. The number of likely N-dealkylation sites (tertiary alicyclic amines) is 1. The number of amides is 1. The normalized spacial score (nSPS) is 21.8. The first-order valence-corrected chi connectivity index (χ1v) is 10.2. The van der Waals surface area contributed by atoms with Crippen LogP contribution in [0.1, 0.15) is 69.7 Å². The van der Waals surface area contributed by atoms with Crippen molar-refractivity contribution >= 4 is 5.91 Å². The van der Waals surface area contributed by atoms with Crippen molar-refractivity contribution < 1.29 is 9.21 Å². The van der Waals surface area contributed by atoms with Crippen molar-refractivity contribution in [3.63, 3.8) is 0 Å². The van der Waals surface area contributed by atoms with Crippen LogP contribution in [0, 0.1) is 6.92 Å². The second-order valence-electron chi connectivity index (χ2n) is 8.01. The lowest BCUT2D eigenvalue weighted by molar-refractivity contribution is 0.0787. The number of carbonyl (C=O) groups is 1. The van der Waals surface area contributed by atoms with Crippen LogP contribution in [0.5, 0.6) is 0 Å². The number of aromatic nitrogens is 2. The molecule has 27 heavy (non-hydrogen) atoms. The van der Waals surface area contributed by atoms with Crippen LogP contribution in [0.3, 0.4) is 0 Å². The summed E-state index contributed by atoms with van der Waals surface area (Å²) >= 11 is 0. The van der Waals surface area contributed by atoms with Gasteiger partial charge in [-0.25, -0.2) is 9.97 Å². The van der Waals surface area contributed by atoms with Gasteiger partial charge in [0.1, 0.15) is 17.3 Å². The lowest BCUT2D eigenvalue weighted by Gasteiger charge is -2.19. The van der Waals surface area contributed by atoms with Gasteiger partial charge in [0, 0.05) is 68.0 Å². The van der Waals surface area contributed by atoms with E-state index in [-0.39, 0.29) is 11.8 Å². The zero-order valence-corrected chi connectivity index (χ0v) is 15.9. The first-order valence-electron chi connectivity index (χ1n) is 10.2. The molecule has 0 aromatic carbocycles. The van der Waals surface area contributed by atoms with E-state index in [4.69, 9.17) is 9.40 Å². The number of rotatable bonds is 2. The molecular formula is C21H26N4O2. The van der Waals surface area contributed by atoms with Gasteiger partial charge < -0.3 is 14.6 Å². The summed E-state index contributed by atoms with van der Waals surface area (Å²) < 4.78 is 5.91. The van der Waals surface area contributed by atoms with E-state index >= 15 is 0 Å². The van der Waals surface area contributed by atoms with Gasteiger partial charge in [-0.15, -0.1) is 0 Å². The second-order valence-corrected chi connectivity index (χ2v) is 8.01. The number of nitrogens with one attached hydrogen (secondary N) is 1. The van der Waals surface area contributed by atoms with Gasteiger partial charge in [-0.2, -0.15) is 0 Å². The average Bonchev–Trinajstić information content (AvgIpc) is 3.31. The van der Waals surface area contributed by atoms with E-state index in [1.54, 1.807) is 0 Å². The predicted octanol–water partition coefficient (Wildman–Crippen LogP) is 2.53. The highest BCUT2D eigenvalue weighted by atomic mass is 16.3. The Labute approximate surface area is 159 Å². The molecule has 142 valence electrons. The molecule has 0 bridgehead atoms. The molecule has 1 aliphatic carbocycles. The van der Waals surface area contributed by atoms with Gasteiger partial charge in [0.15, 0.2) is 0 Å². The third-order valence-electron chi connectivity index (χ3n) is 6.23. The molecule has 6 nitrogen and oxygen atoms in total. The Morgan fingerprint density at radius 3 is 3.11 bits per heavy atom. The molecule has 1 N–H and O–H groups in total. The number of carbonyl (C=O) groups excluding carboxylic acids is 1. The van der Waals surface area contributed by atoms with Crippen LogP contribution in [0.25, 0.3) is 0 Å². The van der Waals surface area contributed by atoms with Crippen LogP contribution in [-0.4, -0.2) is 40.4 Å². The summed E-state index contributed by atoms with van der Waals surface area (Å²) in [5.41, 5.74) is 4.35. The molecule has 1 saturated heterocycles. The van der Waals surface area contributed by atoms with Gasteiger partial charge in [-0.3, -0.25) is 4.79 Å². The Morgan fingerprint density at radius 2 is 2.19 bits per heavy atom. The molecular weight excluding hydrogens is 340 g/mol. The first kappa shape index (κ1) is 16.9.